The molecule has 0 aliphatic rings. The molecule has 0 atom stereocenters. The van der Waals surface area contributed by atoms with E-state index < -0.39 is 0 Å². The van der Waals surface area contributed by atoms with Crippen LogP contribution in [0.2, 0.25) is 0 Å². The summed E-state index contributed by atoms with van der Waals surface area (Å²) in [6.45, 7) is 3.03. The maximum atomic E-state index is 9.07. The van der Waals surface area contributed by atoms with Crippen molar-refractivity contribution >= 4 is 17.5 Å². The first-order valence-electron chi connectivity index (χ1n) is 8.74. The molecule has 2 aromatic carbocycles. The van der Waals surface area contributed by atoms with Crippen molar-refractivity contribution in [2.75, 3.05) is 17.2 Å². The van der Waals surface area contributed by atoms with Crippen LogP contribution in [-0.2, 0) is 0 Å². The van der Waals surface area contributed by atoms with Crippen molar-refractivity contribution in [1.29, 1.82) is 5.26 Å². The third kappa shape index (κ3) is 4.58. The van der Waals surface area contributed by atoms with Gasteiger partial charge in [-0.3, -0.25) is 0 Å². The van der Waals surface area contributed by atoms with Crippen molar-refractivity contribution in [3.63, 3.8) is 0 Å². The van der Waals surface area contributed by atoms with E-state index in [1.165, 1.54) is 0 Å². The minimum atomic E-state index is 0.500. The lowest BCUT2D eigenvalue weighted by Gasteiger charge is -2.11. The van der Waals surface area contributed by atoms with Crippen LogP contribution in [0.3, 0.4) is 0 Å². The van der Waals surface area contributed by atoms with Crippen LogP contribution in [-0.4, -0.2) is 16.5 Å². The molecule has 0 bridgehead atoms. The maximum absolute atomic E-state index is 9.07. The van der Waals surface area contributed by atoms with Crippen LogP contribution >= 0.6 is 0 Å². The van der Waals surface area contributed by atoms with Crippen LogP contribution < -0.4 is 10.6 Å². The molecule has 0 fully saturated rings. The molecule has 26 heavy (non-hydrogen) atoms. The van der Waals surface area contributed by atoms with Gasteiger partial charge in [0, 0.05) is 23.9 Å². The molecule has 5 nitrogen and oxygen atoms in total. The van der Waals surface area contributed by atoms with Gasteiger partial charge < -0.3 is 10.6 Å². The monoisotopic (exact) mass is 343 g/mol. The lowest BCUT2D eigenvalue weighted by molar-refractivity contribution is 0.830. The van der Waals surface area contributed by atoms with Gasteiger partial charge in [-0.05, 0) is 24.6 Å². The summed E-state index contributed by atoms with van der Waals surface area (Å²) in [5.74, 6) is 1.28. The van der Waals surface area contributed by atoms with Gasteiger partial charge in [0.25, 0.3) is 0 Å². The van der Waals surface area contributed by atoms with Crippen molar-refractivity contribution in [3.8, 4) is 17.3 Å². The summed E-state index contributed by atoms with van der Waals surface area (Å²) in [7, 11) is 0. The Morgan fingerprint density at radius 1 is 1.00 bits per heavy atom. The highest BCUT2D eigenvalue weighted by Gasteiger charge is 2.07. The van der Waals surface area contributed by atoms with E-state index in [9.17, 15) is 0 Å². The van der Waals surface area contributed by atoms with Crippen LogP contribution in [0.15, 0.2) is 60.7 Å². The average Bonchev–Trinajstić information content (AvgIpc) is 2.69. The van der Waals surface area contributed by atoms with E-state index in [4.69, 9.17) is 5.26 Å². The first-order valence-corrected chi connectivity index (χ1v) is 8.74. The highest BCUT2D eigenvalue weighted by molar-refractivity contribution is 5.66. The molecule has 1 aromatic heterocycles. The summed E-state index contributed by atoms with van der Waals surface area (Å²) in [5.41, 5.74) is 3.25. The first kappa shape index (κ1) is 17.4. The lowest BCUT2D eigenvalue weighted by atomic mass is 10.1. The van der Waals surface area contributed by atoms with Crippen LogP contribution in [0.5, 0.6) is 0 Å². The fourth-order valence-corrected chi connectivity index (χ4v) is 2.54. The molecule has 1 heterocycles. The van der Waals surface area contributed by atoms with E-state index in [0.29, 0.717) is 11.5 Å². The number of anilines is 3. The van der Waals surface area contributed by atoms with Crippen molar-refractivity contribution in [3.05, 3.63) is 66.2 Å². The molecule has 0 aliphatic carbocycles. The minimum absolute atomic E-state index is 0.500. The number of rotatable bonds is 7. The van der Waals surface area contributed by atoms with Crippen LogP contribution in [0, 0.1) is 11.3 Å². The maximum Gasteiger partial charge on any atom is 0.229 e. The molecular weight excluding hydrogens is 322 g/mol. The van der Waals surface area contributed by atoms with Crippen LogP contribution in [0.1, 0.15) is 25.3 Å². The molecule has 5 heteroatoms. The molecule has 0 aliphatic heterocycles. The molecule has 130 valence electrons. The Morgan fingerprint density at radius 2 is 1.85 bits per heavy atom. The van der Waals surface area contributed by atoms with E-state index >= 15 is 0 Å². The number of hydrogen-bond acceptors (Lipinski definition) is 5. The fraction of sp³-hybridized carbons (Fsp3) is 0.190. The molecule has 3 aromatic rings. The van der Waals surface area contributed by atoms with Gasteiger partial charge in [0.2, 0.25) is 5.95 Å². The predicted octanol–water partition coefficient (Wildman–Crippen LogP) is 4.97. The van der Waals surface area contributed by atoms with Gasteiger partial charge in [0.05, 0.1) is 17.3 Å². The molecule has 0 amide bonds. The molecule has 0 saturated carbocycles. The summed E-state index contributed by atoms with van der Waals surface area (Å²) in [5, 5.41) is 15.6. The Kier molecular flexibility index (Phi) is 5.79. The zero-order valence-electron chi connectivity index (χ0n) is 14.7. The van der Waals surface area contributed by atoms with Crippen molar-refractivity contribution in [2.45, 2.75) is 19.8 Å². The first-order chi connectivity index (χ1) is 12.8. The van der Waals surface area contributed by atoms with Gasteiger partial charge in [-0.2, -0.15) is 10.2 Å². The number of unbranched alkanes of at least 4 members (excludes halogenated alkanes) is 1. The topological polar surface area (TPSA) is 73.6 Å². The zero-order chi connectivity index (χ0) is 18.2. The molecule has 0 spiro atoms. The summed E-state index contributed by atoms with van der Waals surface area (Å²) >= 11 is 0. The number of nitrogens with zero attached hydrogens (tertiary/aromatic N) is 3. The second-order valence-electron chi connectivity index (χ2n) is 5.93. The number of nitriles is 1. The van der Waals surface area contributed by atoms with E-state index in [1.54, 1.807) is 12.1 Å². The number of benzene rings is 2. The average molecular weight is 343 g/mol. The normalized spacial score (nSPS) is 10.2. The molecule has 0 radical (unpaired) electrons. The zero-order valence-corrected chi connectivity index (χ0v) is 14.7. The number of nitrogens with one attached hydrogen (secondary N) is 2. The molecule has 3 rings (SSSR count). The Bertz CT molecular complexity index is 900. The van der Waals surface area contributed by atoms with Gasteiger partial charge in [-0.15, -0.1) is 0 Å². The van der Waals surface area contributed by atoms with Crippen LogP contribution in [0.25, 0.3) is 11.3 Å². The quantitative estimate of drug-likeness (QED) is 0.592. The Balaban J connectivity index is 1.92. The third-order valence-electron chi connectivity index (χ3n) is 3.88. The largest absolute Gasteiger partial charge is 0.370 e. The van der Waals surface area contributed by atoms with Gasteiger partial charge in [0.1, 0.15) is 5.82 Å². The summed E-state index contributed by atoms with van der Waals surface area (Å²) in [4.78, 5) is 9.20. The number of aromatic nitrogens is 2. The highest BCUT2D eigenvalue weighted by Crippen LogP contribution is 2.23. The fourth-order valence-electron chi connectivity index (χ4n) is 2.54. The molecular formula is C21H21N5. The molecule has 0 unspecified atom stereocenters. The van der Waals surface area contributed by atoms with Crippen molar-refractivity contribution in [1.82, 2.24) is 9.97 Å². The number of hydrogen-bond donors (Lipinski definition) is 2. The van der Waals surface area contributed by atoms with Gasteiger partial charge in [-0.1, -0.05) is 49.7 Å². The smallest absolute Gasteiger partial charge is 0.229 e. The summed E-state index contributed by atoms with van der Waals surface area (Å²) in [6, 6.07) is 21.4. The van der Waals surface area contributed by atoms with Gasteiger partial charge in [0.15, 0.2) is 0 Å². The second kappa shape index (κ2) is 8.63. The Hall–Kier alpha value is -3.39. The van der Waals surface area contributed by atoms with E-state index in [0.717, 1.165) is 42.1 Å². The lowest BCUT2D eigenvalue weighted by Crippen LogP contribution is -2.06. The molecule has 2 N–H and O–H groups in total. The summed E-state index contributed by atoms with van der Waals surface area (Å²) in [6.07, 6.45) is 2.20. The third-order valence-corrected chi connectivity index (χ3v) is 3.88. The van der Waals surface area contributed by atoms with Gasteiger partial charge >= 0.3 is 0 Å². The van der Waals surface area contributed by atoms with E-state index in [-0.39, 0.29) is 0 Å². The van der Waals surface area contributed by atoms with Crippen molar-refractivity contribution < 1.29 is 0 Å². The van der Waals surface area contributed by atoms with E-state index in [1.807, 2.05) is 48.5 Å². The van der Waals surface area contributed by atoms with E-state index in [2.05, 4.69) is 33.6 Å². The second-order valence-corrected chi connectivity index (χ2v) is 5.93. The summed E-state index contributed by atoms with van der Waals surface area (Å²) < 4.78 is 0. The standard InChI is InChI=1S/C21H21N5/c1-2-3-12-23-20-14-19(17-9-5-4-6-10-17)25-21(26-20)24-18-11-7-8-16(13-18)15-22/h4-11,13-14H,2-3,12H2,1H3,(H2,23,24,25,26). The molecule has 0 saturated heterocycles. The van der Waals surface area contributed by atoms with Gasteiger partial charge in [-0.25, -0.2) is 4.98 Å². The predicted molar refractivity (Wildman–Crippen MR) is 105 cm³/mol. The Labute approximate surface area is 153 Å². The SMILES string of the molecule is CCCCNc1cc(-c2ccccc2)nc(Nc2cccc(C#N)c2)n1. The minimum Gasteiger partial charge on any atom is -0.370 e. The Morgan fingerprint density at radius 3 is 2.62 bits per heavy atom. The van der Waals surface area contributed by atoms with Crippen LogP contribution in [0.4, 0.5) is 17.5 Å². The van der Waals surface area contributed by atoms with Crippen molar-refractivity contribution in [2.24, 2.45) is 0 Å². The highest BCUT2D eigenvalue weighted by atomic mass is 15.1.